The summed E-state index contributed by atoms with van der Waals surface area (Å²) >= 11 is 0. The van der Waals surface area contributed by atoms with Crippen LogP contribution < -0.4 is 21.3 Å². The molecule has 4 amide bonds. The number of nitrogen functional groups attached to an aromatic ring is 1. The maximum Gasteiger partial charge on any atom is 0.335 e. The second-order valence-corrected chi connectivity index (χ2v) is 6.14. The summed E-state index contributed by atoms with van der Waals surface area (Å²) in [6, 6.07) is 13.3. The van der Waals surface area contributed by atoms with E-state index < -0.39 is 23.8 Å². The molecule has 0 unspecified atom stereocenters. The molecule has 7 heteroatoms. The van der Waals surface area contributed by atoms with Gasteiger partial charge in [-0.05, 0) is 37.6 Å². The number of aryl methyl sites for hydroxylation is 1. The molecule has 1 atom stereocenters. The minimum atomic E-state index is -1.19. The van der Waals surface area contributed by atoms with E-state index in [0.29, 0.717) is 22.8 Å². The number of para-hydroxylation sites is 3. The molecule has 1 saturated heterocycles. The van der Waals surface area contributed by atoms with Gasteiger partial charge in [0.1, 0.15) is 0 Å². The van der Waals surface area contributed by atoms with Crippen LogP contribution in [0, 0.1) is 12.8 Å². The fourth-order valence-electron chi connectivity index (χ4n) is 2.97. The number of hydrogen-bond acceptors (Lipinski definition) is 5. The fourth-order valence-corrected chi connectivity index (χ4v) is 2.97. The van der Waals surface area contributed by atoms with Crippen molar-refractivity contribution in [3.05, 3.63) is 65.9 Å². The number of rotatable bonds is 4. The maximum absolute atomic E-state index is 13.1. The number of anilines is 3. The Bertz CT molecular complexity index is 952. The van der Waals surface area contributed by atoms with Crippen LogP contribution in [0.5, 0.6) is 0 Å². The van der Waals surface area contributed by atoms with Gasteiger partial charge in [-0.15, -0.1) is 0 Å². The number of amides is 4. The van der Waals surface area contributed by atoms with Crippen molar-refractivity contribution < 1.29 is 14.4 Å². The number of barbiturate groups is 1. The molecule has 0 bridgehead atoms. The van der Waals surface area contributed by atoms with Crippen LogP contribution in [0.15, 0.2) is 60.3 Å². The Morgan fingerprint density at radius 3 is 2.44 bits per heavy atom. The van der Waals surface area contributed by atoms with Gasteiger partial charge in [0.2, 0.25) is 5.91 Å². The zero-order chi connectivity index (χ0) is 19.6. The first-order chi connectivity index (χ1) is 12.9. The molecule has 138 valence electrons. The topological polar surface area (TPSA) is 105 Å². The number of nitrogens with two attached hydrogens (primary N) is 1. The molecule has 0 aliphatic carbocycles. The molecular weight excluding hydrogens is 344 g/mol. The van der Waals surface area contributed by atoms with Crippen LogP contribution in [0.4, 0.5) is 21.9 Å². The van der Waals surface area contributed by atoms with Crippen LogP contribution in [-0.2, 0) is 9.59 Å². The van der Waals surface area contributed by atoms with Crippen LogP contribution in [0.3, 0.4) is 0 Å². The van der Waals surface area contributed by atoms with Crippen molar-refractivity contribution in [1.82, 2.24) is 5.32 Å². The number of allylic oxidation sites excluding steroid dienone is 1. The van der Waals surface area contributed by atoms with Crippen molar-refractivity contribution in [3.8, 4) is 0 Å². The van der Waals surface area contributed by atoms with Crippen LogP contribution in [0.2, 0.25) is 0 Å². The summed E-state index contributed by atoms with van der Waals surface area (Å²) in [7, 11) is 0. The second-order valence-electron chi connectivity index (χ2n) is 6.14. The SMILES string of the molecule is C/C=C(/Nc1ccccc1N)[C@H]1C(=O)NC(=O)N(c2ccccc2C)C1=O. The average molecular weight is 364 g/mol. The summed E-state index contributed by atoms with van der Waals surface area (Å²) < 4.78 is 0. The quantitative estimate of drug-likeness (QED) is 0.572. The first-order valence-corrected chi connectivity index (χ1v) is 8.46. The van der Waals surface area contributed by atoms with Gasteiger partial charge in [0.15, 0.2) is 5.92 Å². The number of hydrogen-bond donors (Lipinski definition) is 3. The minimum Gasteiger partial charge on any atom is -0.397 e. The summed E-state index contributed by atoms with van der Waals surface area (Å²) in [5, 5.41) is 5.31. The number of imide groups is 2. The number of benzene rings is 2. The maximum atomic E-state index is 13.1. The van der Waals surface area contributed by atoms with Gasteiger partial charge in [0, 0.05) is 5.70 Å². The lowest BCUT2D eigenvalue weighted by molar-refractivity contribution is -0.132. The van der Waals surface area contributed by atoms with E-state index >= 15 is 0 Å². The van der Waals surface area contributed by atoms with E-state index in [1.54, 1.807) is 62.4 Å². The largest absolute Gasteiger partial charge is 0.397 e. The summed E-state index contributed by atoms with van der Waals surface area (Å²) in [6.07, 6.45) is 1.63. The highest BCUT2D eigenvalue weighted by atomic mass is 16.2. The van der Waals surface area contributed by atoms with E-state index in [2.05, 4.69) is 10.6 Å². The Morgan fingerprint density at radius 1 is 1.11 bits per heavy atom. The van der Waals surface area contributed by atoms with Crippen LogP contribution in [-0.4, -0.2) is 17.8 Å². The zero-order valence-corrected chi connectivity index (χ0v) is 15.0. The third kappa shape index (κ3) is 3.39. The first-order valence-electron chi connectivity index (χ1n) is 8.46. The van der Waals surface area contributed by atoms with Gasteiger partial charge in [-0.2, -0.15) is 0 Å². The monoisotopic (exact) mass is 364 g/mol. The van der Waals surface area contributed by atoms with Gasteiger partial charge in [-0.25, -0.2) is 9.69 Å². The smallest absolute Gasteiger partial charge is 0.335 e. The molecule has 7 nitrogen and oxygen atoms in total. The summed E-state index contributed by atoms with van der Waals surface area (Å²) in [4.78, 5) is 38.9. The first kappa shape index (κ1) is 18.2. The average Bonchev–Trinajstić information content (AvgIpc) is 2.63. The molecule has 1 aliphatic heterocycles. The van der Waals surface area contributed by atoms with Crippen molar-refractivity contribution in [2.24, 2.45) is 5.92 Å². The Labute approximate surface area is 156 Å². The normalized spacial score (nSPS) is 17.7. The third-order valence-electron chi connectivity index (χ3n) is 4.38. The lowest BCUT2D eigenvalue weighted by Crippen LogP contribution is -2.59. The van der Waals surface area contributed by atoms with Crippen LogP contribution in [0.25, 0.3) is 0 Å². The molecule has 2 aromatic carbocycles. The van der Waals surface area contributed by atoms with Gasteiger partial charge in [-0.1, -0.05) is 36.4 Å². The van der Waals surface area contributed by atoms with E-state index in [1.165, 1.54) is 0 Å². The van der Waals surface area contributed by atoms with Crippen molar-refractivity contribution in [2.75, 3.05) is 16.0 Å². The number of nitrogens with zero attached hydrogens (tertiary/aromatic N) is 1. The van der Waals surface area contributed by atoms with Crippen LogP contribution in [0.1, 0.15) is 12.5 Å². The zero-order valence-electron chi connectivity index (χ0n) is 15.0. The van der Waals surface area contributed by atoms with Gasteiger partial charge in [0.25, 0.3) is 5.91 Å². The van der Waals surface area contributed by atoms with Crippen molar-refractivity contribution in [2.45, 2.75) is 13.8 Å². The van der Waals surface area contributed by atoms with Crippen LogP contribution >= 0.6 is 0 Å². The van der Waals surface area contributed by atoms with Crippen molar-refractivity contribution >= 4 is 34.9 Å². The van der Waals surface area contributed by atoms with E-state index in [0.717, 1.165) is 10.5 Å². The molecule has 27 heavy (non-hydrogen) atoms. The predicted molar refractivity (Wildman–Crippen MR) is 104 cm³/mol. The molecular formula is C20H20N4O3. The van der Waals surface area contributed by atoms with Gasteiger partial charge >= 0.3 is 6.03 Å². The van der Waals surface area contributed by atoms with Gasteiger partial charge in [0.05, 0.1) is 17.1 Å². The molecule has 1 fully saturated rings. The lowest BCUT2D eigenvalue weighted by atomic mass is 9.98. The fraction of sp³-hybridized carbons (Fsp3) is 0.150. The van der Waals surface area contributed by atoms with E-state index in [-0.39, 0.29) is 0 Å². The molecule has 2 aromatic rings. The second kappa shape index (κ2) is 7.33. The van der Waals surface area contributed by atoms with Gasteiger partial charge < -0.3 is 11.1 Å². The lowest BCUT2D eigenvalue weighted by Gasteiger charge is -2.32. The highest BCUT2D eigenvalue weighted by Crippen LogP contribution is 2.29. The van der Waals surface area contributed by atoms with E-state index in [4.69, 9.17) is 5.73 Å². The standard InChI is InChI=1S/C20H20N4O3/c1-3-14(22-15-10-6-5-9-13(15)21)17-18(25)23-20(27)24(19(17)26)16-11-7-4-8-12(16)2/h3-11,17,22H,21H2,1-2H3,(H,23,25,27)/b14-3+/t17-/m0/s1. The number of carbonyl (C=O) groups is 3. The summed E-state index contributed by atoms with van der Waals surface area (Å²) in [5.41, 5.74) is 8.53. The summed E-state index contributed by atoms with van der Waals surface area (Å²) in [5.74, 6) is -2.48. The third-order valence-corrected chi connectivity index (χ3v) is 4.38. The van der Waals surface area contributed by atoms with Crippen molar-refractivity contribution in [1.29, 1.82) is 0 Å². The predicted octanol–water partition coefficient (Wildman–Crippen LogP) is 2.79. The highest BCUT2D eigenvalue weighted by Gasteiger charge is 2.43. The highest BCUT2D eigenvalue weighted by molar-refractivity contribution is 6.29. The molecule has 0 spiro atoms. The Kier molecular flexibility index (Phi) is 4.94. The molecule has 4 N–H and O–H groups in total. The molecule has 1 heterocycles. The summed E-state index contributed by atoms with van der Waals surface area (Å²) in [6.45, 7) is 3.50. The minimum absolute atomic E-state index is 0.349. The van der Waals surface area contributed by atoms with E-state index in [9.17, 15) is 14.4 Å². The number of nitrogens with one attached hydrogen (secondary N) is 2. The Morgan fingerprint density at radius 2 is 1.78 bits per heavy atom. The molecule has 0 saturated carbocycles. The Hall–Kier alpha value is -3.61. The molecule has 3 rings (SSSR count). The van der Waals surface area contributed by atoms with Gasteiger partial charge in [-0.3, -0.25) is 14.9 Å². The van der Waals surface area contributed by atoms with Crippen molar-refractivity contribution in [3.63, 3.8) is 0 Å². The number of urea groups is 1. The van der Waals surface area contributed by atoms with E-state index in [1.807, 2.05) is 6.07 Å². The number of carbonyl (C=O) groups excluding carboxylic acids is 3. The molecule has 0 radical (unpaired) electrons. The molecule has 1 aliphatic rings. The molecule has 0 aromatic heterocycles. The Balaban J connectivity index is 1.97.